The van der Waals surface area contributed by atoms with Gasteiger partial charge in [0.25, 0.3) is 0 Å². The summed E-state index contributed by atoms with van der Waals surface area (Å²) in [4.78, 5) is 24.5. The SMILES string of the molecule is CCCCC/C=C\C/C=C\CCCCCCCCCCCC(=O)OCCCCCCCCCCCCCCCCCCCCCCCCCCCCCCCCCCCC(=O)NC(CO)C(O)CCCCCCCCCCC. The van der Waals surface area contributed by atoms with Crippen molar-refractivity contribution in [1.29, 1.82) is 0 Å². The summed E-state index contributed by atoms with van der Waals surface area (Å²) in [6, 6.07) is -0.535. The van der Waals surface area contributed by atoms with Crippen molar-refractivity contribution < 1.29 is 24.5 Å². The molecular weight excluding hydrogens is 959 g/mol. The number of amides is 1. The summed E-state index contributed by atoms with van der Waals surface area (Å²) >= 11 is 0. The monoisotopic (exact) mass is 1100 g/mol. The Morgan fingerprint density at radius 1 is 0.359 bits per heavy atom. The van der Waals surface area contributed by atoms with Crippen molar-refractivity contribution in [2.45, 2.75) is 411 Å². The molecule has 78 heavy (non-hydrogen) atoms. The maximum atomic E-state index is 12.4. The Balaban J connectivity index is 3.27. The molecule has 0 aromatic heterocycles. The van der Waals surface area contributed by atoms with Crippen molar-refractivity contribution in [1.82, 2.24) is 5.32 Å². The molecule has 0 aliphatic rings. The zero-order valence-electron chi connectivity index (χ0n) is 52.9. The van der Waals surface area contributed by atoms with E-state index < -0.39 is 12.1 Å². The third-order valence-corrected chi connectivity index (χ3v) is 16.8. The van der Waals surface area contributed by atoms with Crippen molar-refractivity contribution in [3.05, 3.63) is 24.3 Å². The molecule has 0 rings (SSSR count). The number of rotatable bonds is 67. The van der Waals surface area contributed by atoms with Gasteiger partial charge in [0, 0.05) is 12.8 Å². The molecule has 2 unspecified atom stereocenters. The van der Waals surface area contributed by atoms with Crippen molar-refractivity contribution in [2.24, 2.45) is 0 Å². The van der Waals surface area contributed by atoms with Gasteiger partial charge in [-0.15, -0.1) is 0 Å². The maximum absolute atomic E-state index is 12.4. The number of ether oxygens (including phenoxy) is 1. The van der Waals surface area contributed by atoms with Crippen LogP contribution in [0.2, 0.25) is 0 Å². The normalized spacial score (nSPS) is 12.6. The zero-order chi connectivity index (χ0) is 56.4. The minimum atomic E-state index is -0.658. The molecule has 2 atom stereocenters. The lowest BCUT2D eigenvalue weighted by Crippen LogP contribution is -2.45. The minimum Gasteiger partial charge on any atom is -0.466 e. The van der Waals surface area contributed by atoms with E-state index in [1.807, 2.05) is 0 Å². The van der Waals surface area contributed by atoms with Gasteiger partial charge in [-0.05, 0) is 57.8 Å². The Morgan fingerprint density at radius 3 is 1.00 bits per heavy atom. The van der Waals surface area contributed by atoms with Crippen LogP contribution in [0.1, 0.15) is 399 Å². The number of nitrogens with one attached hydrogen (secondary N) is 1. The number of carbonyl (C=O) groups is 2. The summed E-state index contributed by atoms with van der Waals surface area (Å²) in [7, 11) is 0. The van der Waals surface area contributed by atoms with Gasteiger partial charge in [-0.1, -0.05) is 353 Å². The topological polar surface area (TPSA) is 95.9 Å². The van der Waals surface area contributed by atoms with E-state index in [4.69, 9.17) is 4.74 Å². The van der Waals surface area contributed by atoms with Gasteiger partial charge in [-0.2, -0.15) is 0 Å². The molecule has 0 saturated carbocycles. The van der Waals surface area contributed by atoms with E-state index >= 15 is 0 Å². The molecule has 0 aromatic rings. The van der Waals surface area contributed by atoms with Crippen LogP contribution in [0.15, 0.2) is 24.3 Å². The van der Waals surface area contributed by atoms with Crippen molar-refractivity contribution in [3.8, 4) is 0 Å². The zero-order valence-corrected chi connectivity index (χ0v) is 52.9. The highest BCUT2D eigenvalue weighted by atomic mass is 16.5. The van der Waals surface area contributed by atoms with Gasteiger partial charge in [0.1, 0.15) is 0 Å². The van der Waals surface area contributed by atoms with E-state index in [-0.39, 0.29) is 18.5 Å². The Kier molecular flexibility index (Phi) is 66.4. The molecule has 0 saturated heterocycles. The van der Waals surface area contributed by atoms with Crippen LogP contribution >= 0.6 is 0 Å². The lowest BCUT2D eigenvalue weighted by Gasteiger charge is -2.22. The Bertz CT molecular complexity index is 1220. The number of aliphatic hydroxyl groups is 2. The van der Waals surface area contributed by atoms with Crippen LogP contribution in [-0.2, 0) is 14.3 Å². The highest BCUT2D eigenvalue weighted by molar-refractivity contribution is 5.76. The van der Waals surface area contributed by atoms with Crippen molar-refractivity contribution in [3.63, 3.8) is 0 Å². The van der Waals surface area contributed by atoms with Crippen LogP contribution in [0.4, 0.5) is 0 Å². The Morgan fingerprint density at radius 2 is 0.641 bits per heavy atom. The van der Waals surface area contributed by atoms with Gasteiger partial charge in [-0.25, -0.2) is 0 Å². The minimum absolute atomic E-state index is 0.0184. The van der Waals surface area contributed by atoms with Crippen molar-refractivity contribution in [2.75, 3.05) is 13.2 Å². The van der Waals surface area contributed by atoms with Crippen LogP contribution in [-0.4, -0.2) is 47.4 Å². The fourth-order valence-corrected chi connectivity index (χ4v) is 11.3. The van der Waals surface area contributed by atoms with E-state index in [1.54, 1.807) is 0 Å². The highest BCUT2D eigenvalue weighted by Crippen LogP contribution is 2.19. The number of allylic oxidation sites excluding steroid dienone is 4. The molecule has 0 aliphatic carbocycles. The van der Waals surface area contributed by atoms with Gasteiger partial charge < -0.3 is 20.3 Å². The summed E-state index contributed by atoms with van der Waals surface area (Å²) in [5.74, 6) is -0.0123. The molecule has 462 valence electrons. The third-order valence-electron chi connectivity index (χ3n) is 16.8. The second-order valence-electron chi connectivity index (χ2n) is 24.6. The van der Waals surface area contributed by atoms with E-state index in [2.05, 4.69) is 43.5 Å². The van der Waals surface area contributed by atoms with Crippen molar-refractivity contribution >= 4 is 11.9 Å². The first-order chi connectivity index (χ1) is 38.5. The fourth-order valence-electron chi connectivity index (χ4n) is 11.3. The molecule has 0 aliphatic heterocycles. The van der Waals surface area contributed by atoms with Gasteiger partial charge in [0.2, 0.25) is 5.91 Å². The van der Waals surface area contributed by atoms with Gasteiger partial charge in [0.05, 0.1) is 25.4 Å². The predicted octanol–water partition coefficient (Wildman–Crippen LogP) is 22.9. The average molecular weight is 1100 g/mol. The second kappa shape index (κ2) is 67.8. The summed E-state index contributed by atoms with van der Waals surface area (Å²) in [5, 5.41) is 23.1. The van der Waals surface area contributed by atoms with E-state index in [0.29, 0.717) is 25.9 Å². The number of hydrogen-bond donors (Lipinski definition) is 3. The van der Waals surface area contributed by atoms with E-state index in [9.17, 15) is 19.8 Å². The van der Waals surface area contributed by atoms with Gasteiger partial charge in [-0.3, -0.25) is 9.59 Å². The molecule has 0 spiro atoms. The largest absolute Gasteiger partial charge is 0.466 e. The van der Waals surface area contributed by atoms with Crippen LogP contribution in [0.5, 0.6) is 0 Å². The van der Waals surface area contributed by atoms with Crippen LogP contribution in [0.25, 0.3) is 0 Å². The number of carbonyl (C=O) groups excluding carboxylic acids is 2. The second-order valence-corrected chi connectivity index (χ2v) is 24.6. The lowest BCUT2D eigenvalue weighted by atomic mass is 10.0. The summed E-state index contributed by atoms with van der Waals surface area (Å²) < 4.78 is 5.51. The molecule has 1 amide bonds. The number of aliphatic hydroxyl groups excluding tert-OH is 2. The molecule has 3 N–H and O–H groups in total. The highest BCUT2D eigenvalue weighted by Gasteiger charge is 2.20. The predicted molar refractivity (Wildman–Crippen MR) is 343 cm³/mol. The molecule has 6 nitrogen and oxygen atoms in total. The molecular formula is C72H139NO5. The Labute approximate surface area is 488 Å². The van der Waals surface area contributed by atoms with E-state index in [1.165, 1.54) is 321 Å². The quantitative estimate of drug-likeness (QED) is 0.0320. The standard InChI is InChI=1S/C72H139NO5/c1-3-5-7-9-11-13-14-15-16-17-33-37-40-43-46-50-54-58-62-66-72(77)78-67-63-59-55-51-47-44-41-38-35-32-30-28-26-24-22-20-18-19-21-23-25-27-29-31-34-36-39-42-45-49-53-57-61-65-71(76)73-69(68-74)70(75)64-60-56-52-48-12-10-8-6-4-2/h11,13,15-16,69-70,74-75H,3-10,12,14,17-68H2,1-2H3,(H,73,76)/b13-11-,16-15-. The maximum Gasteiger partial charge on any atom is 0.305 e. The molecule has 6 heteroatoms. The molecule has 0 heterocycles. The first-order valence-electron chi connectivity index (χ1n) is 35.6. The smallest absolute Gasteiger partial charge is 0.305 e. The van der Waals surface area contributed by atoms with E-state index in [0.717, 1.165) is 44.9 Å². The molecule has 0 fully saturated rings. The summed E-state index contributed by atoms with van der Waals surface area (Å²) in [5.41, 5.74) is 0. The summed E-state index contributed by atoms with van der Waals surface area (Å²) in [6.07, 6.45) is 85.4. The third kappa shape index (κ3) is 63.5. The summed E-state index contributed by atoms with van der Waals surface area (Å²) in [6.45, 7) is 4.94. The molecule has 0 radical (unpaired) electrons. The van der Waals surface area contributed by atoms with Crippen LogP contribution in [0.3, 0.4) is 0 Å². The Hall–Kier alpha value is -1.66. The van der Waals surface area contributed by atoms with Gasteiger partial charge in [0.15, 0.2) is 0 Å². The first kappa shape index (κ1) is 76.3. The first-order valence-corrected chi connectivity index (χ1v) is 35.6. The van der Waals surface area contributed by atoms with Gasteiger partial charge >= 0.3 is 5.97 Å². The molecule has 0 aromatic carbocycles. The molecule has 0 bridgehead atoms. The van der Waals surface area contributed by atoms with Crippen LogP contribution in [0, 0.1) is 0 Å². The number of esters is 1. The van der Waals surface area contributed by atoms with Crippen LogP contribution < -0.4 is 5.32 Å². The number of hydrogen-bond acceptors (Lipinski definition) is 5. The number of unbranched alkanes of at least 4 members (excludes halogenated alkanes) is 52. The average Bonchev–Trinajstić information content (AvgIpc) is 3.44. The fraction of sp³-hybridized carbons (Fsp3) is 0.917. The lowest BCUT2D eigenvalue weighted by molar-refractivity contribution is -0.143.